The minimum atomic E-state index is -0.272. The monoisotopic (exact) mass is 181 g/mol. The van der Waals surface area contributed by atoms with Crippen LogP contribution in [0.4, 0.5) is 0 Å². The Balaban J connectivity index is 2.74. The summed E-state index contributed by atoms with van der Waals surface area (Å²) < 4.78 is 1.95. The summed E-state index contributed by atoms with van der Waals surface area (Å²) in [6.45, 7) is 6.36. The molecular weight excluding hydrogens is 166 g/mol. The second-order valence-corrected chi connectivity index (χ2v) is 3.37. The number of imidazole rings is 1. The first kappa shape index (κ1) is 9.77. The van der Waals surface area contributed by atoms with Gasteiger partial charge in [-0.2, -0.15) is 0 Å². The van der Waals surface area contributed by atoms with Gasteiger partial charge in [0.15, 0.2) is 0 Å². The zero-order chi connectivity index (χ0) is 10.0. The van der Waals surface area contributed by atoms with Crippen molar-refractivity contribution in [3.05, 3.63) is 17.7 Å². The lowest BCUT2D eigenvalue weighted by atomic mass is 10.1. The standard InChI is InChI=1S/C9H15N3O/c1-6(9(10)13)4-12-5-11-7(2)8(12)3/h5-6H,4H2,1-3H3,(H2,10,13). The van der Waals surface area contributed by atoms with E-state index in [1.54, 1.807) is 6.33 Å². The first-order chi connectivity index (χ1) is 6.02. The Kier molecular flexibility index (Phi) is 2.70. The van der Waals surface area contributed by atoms with Gasteiger partial charge in [-0.15, -0.1) is 0 Å². The van der Waals surface area contributed by atoms with Gasteiger partial charge in [0.1, 0.15) is 0 Å². The minimum absolute atomic E-state index is 0.146. The van der Waals surface area contributed by atoms with Gasteiger partial charge in [-0.25, -0.2) is 4.98 Å². The van der Waals surface area contributed by atoms with Crippen LogP contribution in [-0.2, 0) is 11.3 Å². The maximum absolute atomic E-state index is 10.8. The first-order valence-corrected chi connectivity index (χ1v) is 4.30. The molecule has 4 heteroatoms. The Labute approximate surface area is 77.8 Å². The topological polar surface area (TPSA) is 60.9 Å². The molecule has 1 unspecified atom stereocenters. The third kappa shape index (κ3) is 2.08. The second-order valence-electron chi connectivity index (χ2n) is 3.37. The van der Waals surface area contributed by atoms with E-state index in [9.17, 15) is 4.79 Å². The Morgan fingerprint density at radius 2 is 2.31 bits per heavy atom. The molecule has 0 aliphatic carbocycles. The van der Waals surface area contributed by atoms with Crippen LogP contribution in [0, 0.1) is 19.8 Å². The molecular formula is C9H15N3O. The number of carbonyl (C=O) groups is 1. The van der Waals surface area contributed by atoms with E-state index >= 15 is 0 Å². The van der Waals surface area contributed by atoms with Gasteiger partial charge in [0.25, 0.3) is 0 Å². The van der Waals surface area contributed by atoms with Gasteiger partial charge in [-0.1, -0.05) is 6.92 Å². The van der Waals surface area contributed by atoms with E-state index in [0.717, 1.165) is 11.4 Å². The van der Waals surface area contributed by atoms with Gasteiger partial charge >= 0.3 is 0 Å². The highest BCUT2D eigenvalue weighted by molar-refractivity contribution is 5.76. The summed E-state index contributed by atoms with van der Waals surface area (Å²) in [7, 11) is 0. The number of nitrogens with zero attached hydrogens (tertiary/aromatic N) is 2. The van der Waals surface area contributed by atoms with E-state index in [0.29, 0.717) is 6.54 Å². The molecule has 1 amide bonds. The summed E-state index contributed by atoms with van der Waals surface area (Å²) in [4.78, 5) is 14.9. The van der Waals surface area contributed by atoms with Gasteiger partial charge < -0.3 is 10.3 Å². The molecule has 0 radical (unpaired) electrons. The molecule has 1 atom stereocenters. The molecule has 0 aliphatic rings. The van der Waals surface area contributed by atoms with E-state index in [2.05, 4.69) is 4.98 Å². The number of hydrogen-bond donors (Lipinski definition) is 1. The first-order valence-electron chi connectivity index (χ1n) is 4.30. The van der Waals surface area contributed by atoms with Gasteiger partial charge in [0, 0.05) is 12.2 Å². The normalized spacial score (nSPS) is 12.8. The highest BCUT2D eigenvalue weighted by atomic mass is 16.1. The Hall–Kier alpha value is -1.32. The van der Waals surface area contributed by atoms with E-state index < -0.39 is 0 Å². The average Bonchev–Trinajstić information content (AvgIpc) is 2.36. The molecule has 0 aliphatic heterocycles. The number of hydrogen-bond acceptors (Lipinski definition) is 2. The van der Waals surface area contributed by atoms with E-state index in [-0.39, 0.29) is 11.8 Å². The molecule has 0 fully saturated rings. The molecule has 4 nitrogen and oxygen atoms in total. The summed E-state index contributed by atoms with van der Waals surface area (Å²) in [5.41, 5.74) is 7.26. The van der Waals surface area contributed by atoms with E-state index in [4.69, 9.17) is 5.73 Å². The summed E-state index contributed by atoms with van der Waals surface area (Å²) in [6.07, 6.45) is 1.74. The molecule has 0 aromatic carbocycles. The number of nitrogens with two attached hydrogens (primary N) is 1. The van der Waals surface area contributed by atoms with Crippen molar-refractivity contribution in [1.29, 1.82) is 0 Å². The van der Waals surface area contributed by atoms with Crippen molar-refractivity contribution in [3.8, 4) is 0 Å². The summed E-state index contributed by atoms with van der Waals surface area (Å²) in [5.74, 6) is -0.418. The third-order valence-electron chi connectivity index (χ3n) is 2.30. The highest BCUT2D eigenvalue weighted by Crippen LogP contribution is 2.07. The number of primary amides is 1. The van der Waals surface area contributed by atoms with Gasteiger partial charge in [0.05, 0.1) is 17.9 Å². The lowest BCUT2D eigenvalue weighted by molar-refractivity contribution is -0.121. The van der Waals surface area contributed by atoms with Crippen LogP contribution in [0.3, 0.4) is 0 Å². The van der Waals surface area contributed by atoms with Crippen molar-refractivity contribution in [2.24, 2.45) is 11.7 Å². The number of amides is 1. The lowest BCUT2D eigenvalue weighted by Gasteiger charge is -2.09. The molecule has 1 heterocycles. The molecule has 2 N–H and O–H groups in total. The molecule has 0 spiro atoms. The summed E-state index contributed by atoms with van der Waals surface area (Å²) in [6, 6.07) is 0. The van der Waals surface area contributed by atoms with E-state index in [1.807, 2.05) is 25.3 Å². The van der Waals surface area contributed by atoms with Crippen molar-refractivity contribution in [1.82, 2.24) is 9.55 Å². The third-order valence-corrected chi connectivity index (χ3v) is 2.30. The fraction of sp³-hybridized carbons (Fsp3) is 0.556. The zero-order valence-corrected chi connectivity index (χ0v) is 8.24. The van der Waals surface area contributed by atoms with Crippen molar-refractivity contribution in [2.75, 3.05) is 0 Å². The predicted molar refractivity (Wildman–Crippen MR) is 50.1 cm³/mol. The molecule has 13 heavy (non-hydrogen) atoms. The molecule has 0 bridgehead atoms. The van der Waals surface area contributed by atoms with Crippen molar-refractivity contribution in [2.45, 2.75) is 27.3 Å². The SMILES string of the molecule is Cc1ncn(CC(C)C(N)=O)c1C. The van der Waals surface area contributed by atoms with Crippen LogP contribution in [0.25, 0.3) is 0 Å². The van der Waals surface area contributed by atoms with Crippen molar-refractivity contribution in [3.63, 3.8) is 0 Å². The number of aryl methyl sites for hydroxylation is 1. The molecule has 1 aromatic rings. The maximum Gasteiger partial charge on any atom is 0.222 e. The quantitative estimate of drug-likeness (QED) is 0.743. The van der Waals surface area contributed by atoms with Crippen LogP contribution < -0.4 is 5.73 Å². The van der Waals surface area contributed by atoms with Crippen molar-refractivity contribution >= 4 is 5.91 Å². The summed E-state index contributed by atoms with van der Waals surface area (Å²) in [5, 5.41) is 0. The van der Waals surface area contributed by atoms with Gasteiger partial charge in [-0.05, 0) is 13.8 Å². The molecule has 72 valence electrons. The number of carbonyl (C=O) groups excluding carboxylic acids is 1. The Morgan fingerprint density at radius 3 is 2.69 bits per heavy atom. The molecule has 1 rings (SSSR count). The largest absolute Gasteiger partial charge is 0.369 e. The van der Waals surface area contributed by atoms with Gasteiger partial charge in [-0.3, -0.25) is 4.79 Å². The minimum Gasteiger partial charge on any atom is -0.369 e. The van der Waals surface area contributed by atoms with Crippen LogP contribution in [0.15, 0.2) is 6.33 Å². The Bertz CT molecular complexity index is 317. The lowest BCUT2D eigenvalue weighted by Crippen LogP contribution is -2.24. The van der Waals surface area contributed by atoms with Crippen LogP contribution in [0.5, 0.6) is 0 Å². The molecule has 0 saturated carbocycles. The van der Waals surface area contributed by atoms with Crippen LogP contribution >= 0.6 is 0 Å². The van der Waals surface area contributed by atoms with E-state index in [1.165, 1.54) is 0 Å². The fourth-order valence-electron chi connectivity index (χ4n) is 1.11. The van der Waals surface area contributed by atoms with Crippen LogP contribution in [0.1, 0.15) is 18.3 Å². The second kappa shape index (κ2) is 3.60. The Morgan fingerprint density at radius 1 is 1.69 bits per heavy atom. The number of rotatable bonds is 3. The molecule has 0 saturated heterocycles. The number of aromatic nitrogens is 2. The highest BCUT2D eigenvalue weighted by Gasteiger charge is 2.11. The predicted octanol–water partition coefficient (Wildman–Crippen LogP) is 0.621. The van der Waals surface area contributed by atoms with Crippen LogP contribution in [0.2, 0.25) is 0 Å². The summed E-state index contributed by atoms with van der Waals surface area (Å²) >= 11 is 0. The zero-order valence-electron chi connectivity index (χ0n) is 8.24. The van der Waals surface area contributed by atoms with Crippen molar-refractivity contribution < 1.29 is 4.79 Å². The fourth-order valence-corrected chi connectivity index (χ4v) is 1.11. The average molecular weight is 181 g/mol. The molecule has 1 aromatic heterocycles. The van der Waals surface area contributed by atoms with Crippen LogP contribution in [-0.4, -0.2) is 15.5 Å². The maximum atomic E-state index is 10.8. The van der Waals surface area contributed by atoms with Gasteiger partial charge in [0.2, 0.25) is 5.91 Å². The smallest absolute Gasteiger partial charge is 0.222 e.